The number of rotatable bonds is 4. The molecule has 3 aromatic rings. The second-order valence-electron chi connectivity index (χ2n) is 7.21. The van der Waals surface area contributed by atoms with Crippen molar-refractivity contribution >= 4 is 29.2 Å². The van der Waals surface area contributed by atoms with Crippen LogP contribution in [0.3, 0.4) is 0 Å². The Bertz CT molecular complexity index is 1030. The van der Waals surface area contributed by atoms with Crippen LogP contribution in [0.2, 0.25) is 0 Å². The average molecular weight is 396 g/mol. The standard InChI is InChI=1S/C19H24N8O2/c1-4-14-18-20-12(2)9-26(18)11-16(21-14)22-15-5-6-17(24-23-15)25-7-8-27(19(28)29)13(3)10-25/h5-6,9,11,13H,4,7-8,10H2,1-3H3,(H,22,23)(H,28,29)/t13-/m0/s1. The number of aromatic nitrogens is 5. The molecule has 0 spiro atoms. The van der Waals surface area contributed by atoms with Gasteiger partial charge in [0.2, 0.25) is 0 Å². The van der Waals surface area contributed by atoms with Gasteiger partial charge in [-0.15, -0.1) is 10.2 Å². The summed E-state index contributed by atoms with van der Waals surface area (Å²) in [6.45, 7) is 7.54. The highest BCUT2D eigenvalue weighted by molar-refractivity contribution is 5.66. The van der Waals surface area contributed by atoms with Crippen LogP contribution >= 0.6 is 0 Å². The molecule has 0 aliphatic carbocycles. The van der Waals surface area contributed by atoms with Crippen LogP contribution in [0.15, 0.2) is 24.5 Å². The van der Waals surface area contributed by atoms with Crippen molar-refractivity contribution in [2.24, 2.45) is 0 Å². The maximum absolute atomic E-state index is 11.2. The van der Waals surface area contributed by atoms with Crippen molar-refractivity contribution in [3.63, 3.8) is 0 Å². The van der Waals surface area contributed by atoms with Crippen molar-refractivity contribution in [1.82, 2.24) is 29.5 Å². The van der Waals surface area contributed by atoms with E-state index in [0.717, 1.165) is 29.3 Å². The van der Waals surface area contributed by atoms with E-state index < -0.39 is 6.09 Å². The molecule has 1 atom stereocenters. The summed E-state index contributed by atoms with van der Waals surface area (Å²) in [5.41, 5.74) is 2.73. The molecular weight excluding hydrogens is 372 g/mol. The molecule has 1 aliphatic heterocycles. The quantitative estimate of drug-likeness (QED) is 0.691. The minimum absolute atomic E-state index is 0.0946. The molecule has 10 heteroatoms. The Hall–Kier alpha value is -3.43. The predicted molar refractivity (Wildman–Crippen MR) is 109 cm³/mol. The number of aryl methyl sites for hydroxylation is 2. The van der Waals surface area contributed by atoms with Gasteiger partial charge in [-0.2, -0.15) is 0 Å². The van der Waals surface area contributed by atoms with E-state index in [9.17, 15) is 9.90 Å². The van der Waals surface area contributed by atoms with Crippen LogP contribution in [0.1, 0.15) is 25.2 Å². The molecule has 4 rings (SSSR count). The van der Waals surface area contributed by atoms with E-state index in [-0.39, 0.29) is 6.04 Å². The first kappa shape index (κ1) is 18.9. The van der Waals surface area contributed by atoms with E-state index in [1.807, 2.05) is 42.8 Å². The summed E-state index contributed by atoms with van der Waals surface area (Å²) in [6, 6.07) is 3.65. The van der Waals surface area contributed by atoms with Crippen LogP contribution < -0.4 is 10.2 Å². The Morgan fingerprint density at radius 3 is 2.69 bits per heavy atom. The SMILES string of the molecule is CCc1nc(Nc2ccc(N3CCN(C(=O)O)[C@@H](C)C3)nn2)cn2cc(C)nc12. The molecular formula is C19H24N8O2. The van der Waals surface area contributed by atoms with E-state index >= 15 is 0 Å². The number of fused-ring (bicyclic) bond motifs is 1. The van der Waals surface area contributed by atoms with E-state index in [0.29, 0.717) is 31.3 Å². The molecule has 1 aliphatic rings. The highest BCUT2D eigenvalue weighted by atomic mass is 16.4. The van der Waals surface area contributed by atoms with Crippen LogP contribution in [0, 0.1) is 6.92 Å². The fourth-order valence-electron chi connectivity index (χ4n) is 3.62. The lowest BCUT2D eigenvalue weighted by Crippen LogP contribution is -2.54. The van der Waals surface area contributed by atoms with Crippen LogP contribution in [0.4, 0.5) is 22.2 Å². The molecule has 0 aromatic carbocycles. The summed E-state index contributed by atoms with van der Waals surface area (Å²) < 4.78 is 1.97. The van der Waals surface area contributed by atoms with Gasteiger partial charge in [-0.05, 0) is 32.4 Å². The van der Waals surface area contributed by atoms with Gasteiger partial charge in [-0.1, -0.05) is 6.92 Å². The van der Waals surface area contributed by atoms with E-state index in [2.05, 4.69) is 37.3 Å². The number of hydrogen-bond donors (Lipinski definition) is 2. The molecule has 0 saturated carbocycles. The monoisotopic (exact) mass is 396 g/mol. The number of hydrogen-bond acceptors (Lipinski definition) is 7. The van der Waals surface area contributed by atoms with Gasteiger partial charge in [0, 0.05) is 31.9 Å². The fourth-order valence-corrected chi connectivity index (χ4v) is 3.62. The maximum atomic E-state index is 11.2. The topological polar surface area (TPSA) is 112 Å². The highest BCUT2D eigenvalue weighted by Gasteiger charge is 2.27. The van der Waals surface area contributed by atoms with Gasteiger partial charge >= 0.3 is 6.09 Å². The average Bonchev–Trinajstić information content (AvgIpc) is 3.07. The smallest absolute Gasteiger partial charge is 0.407 e. The predicted octanol–water partition coefficient (Wildman–Crippen LogP) is 2.32. The van der Waals surface area contributed by atoms with Gasteiger partial charge in [-0.25, -0.2) is 14.8 Å². The molecule has 29 heavy (non-hydrogen) atoms. The van der Waals surface area contributed by atoms with Crippen molar-refractivity contribution in [3.8, 4) is 0 Å². The van der Waals surface area contributed by atoms with Gasteiger partial charge in [0.05, 0.1) is 17.6 Å². The molecule has 1 amide bonds. The van der Waals surface area contributed by atoms with Crippen molar-refractivity contribution < 1.29 is 9.90 Å². The first-order valence-corrected chi connectivity index (χ1v) is 9.65. The zero-order valence-electron chi connectivity index (χ0n) is 16.7. The molecule has 3 aromatic heterocycles. The molecule has 10 nitrogen and oxygen atoms in total. The van der Waals surface area contributed by atoms with Gasteiger partial charge in [-0.3, -0.25) is 0 Å². The number of carboxylic acid groups (broad SMARTS) is 1. The lowest BCUT2D eigenvalue weighted by molar-refractivity contribution is 0.122. The second-order valence-corrected chi connectivity index (χ2v) is 7.21. The third-order valence-electron chi connectivity index (χ3n) is 5.07. The normalized spacial score (nSPS) is 17.0. The number of piperazine rings is 1. The molecule has 0 bridgehead atoms. The van der Waals surface area contributed by atoms with Crippen molar-refractivity contribution in [1.29, 1.82) is 0 Å². The van der Waals surface area contributed by atoms with Crippen molar-refractivity contribution in [3.05, 3.63) is 35.9 Å². The van der Waals surface area contributed by atoms with E-state index in [4.69, 9.17) is 0 Å². The van der Waals surface area contributed by atoms with Gasteiger partial charge in [0.1, 0.15) is 5.82 Å². The number of amides is 1. The molecule has 4 heterocycles. The van der Waals surface area contributed by atoms with Crippen LogP contribution in [-0.4, -0.2) is 66.3 Å². The lowest BCUT2D eigenvalue weighted by atomic mass is 10.2. The third-order valence-corrected chi connectivity index (χ3v) is 5.07. The summed E-state index contributed by atoms with van der Waals surface area (Å²) in [7, 11) is 0. The summed E-state index contributed by atoms with van der Waals surface area (Å²) in [5, 5.41) is 21.0. The third kappa shape index (κ3) is 3.78. The minimum atomic E-state index is -0.883. The summed E-state index contributed by atoms with van der Waals surface area (Å²) in [4.78, 5) is 23.9. The molecule has 2 N–H and O–H groups in total. The Balaban J connectivity index is 1.49. The van der Waals surface area contributed by atoms with Gasteiger partial charge in [0.25, 0.3) is 0 Å². The van der Waals surface area contributed by atoms with Crippen LogP contribution in [0.5, 0.6) is 0 Å². The summed E-state index contributed by atoms with van der Waals surface area (Å²) >= 11 is 0. The summed E-state index contributed by atoms with van der Waals surface area (Å²) in [6.07, 6.45) is 3.75. The maximum Gasteiger partial charge on any atom is 0.407 e. The van der Waals surface area contributed by atoms with E-state index in [1.165, 1.54) is 4.90 Å². The Morgan fingerprint density at radius 2 is 2.03 bits per heavy atom. The number of carbonyl (C=O) groups is 1. The molecule has 0 unspecified atom stereocenters. The molecule has 1 saturated heterocycles. The number of imidazole rings is 1. The second kappa shape index (κ2) is 7.53. The van der Waals surface area contributed by atoms with Crippen LogP contribution in [-0.2, 0) is 6.42 Å². The Kier molecular flexibility index (Phi) is 4.91. The molecule has 152 valence electrons. The Labute approximate surface area is 168 Å². The van der Waals surface area contributed by atoms with Gasteiger partial charge < -0.3 is 24.6 Å². The lowest BCUT2D eigenvalue weighted by Gasteiger charge is -2.38. The minimum Gasteiger partial charge on any atom is -0.465 e. The number of anilines is 3. The van der Waals surface area contributed by atoms with Gasteiger partial charge in [0.15, 0.2) is 17.3 Å². The highest BCUT2D eigenvalue weighted by Crippen LogP contribution is 2.20. The first-order valence-electron chi connectivity index (χ1n) is 9.65. The number of nitrogens with one attached hydrogen (secondary N) is 1. The van der Waals surface area contributed by atoms with Crippen LogP contribution in [0.25, 0.3) is 5.65 Å². The summed E-state index contributed by atoms with van der Waals surface area (Å²) in [5.74, 6) is 2.00. The first-order chi connectivity index (χ1) is 13.9. The van der Waals surface area contributed by atoms with E-state index in [1.54, 1.807) is 0 Å². The zero-order chi connectivity index (χ0) is 20.5. The molecule has 0 radical (unpaired) electrons. The Morgan fingerprint density at radius 1 is 1.21 bits per heavy atom. The molecule has 1 fully saturated rings. The fraction of sp³-hybridized carbons (Fsp3) is 0.421. The largest absolute Gasteiger partial charge is 0.465 e. The van der Waals surface area contributed by atoms with Crippen molar-refractivity contribution in [2.75, 3.05) is 29.9 Å². The number of nitrogens with zero attached hydrogens (tertiary/aromatic N) is 7. The zero-order valence-corrected chi connectivity index (χ0v) is 16.7. The van der Waals surface area contributed by atoms with Crippen molar-refractivity contribution in [2.45, 2.75) is 33.2 Å².